The molecule has 0 bridgehead atoms. The van der Waals surface area contributed by atoms with E-state index in [1.165, 1.54) is 16.8 Å². The van der Waals surface area contributed by atoms with Gasteiger partial charge in [0.05, 0.1) is 0 Å². The zero-order valence-corrected chi connectivity index (χ0v) is 11.0. The highest BCUT2D eigenvalue weighted by Crippen LogP contribution is 2.29. The van der Waals surface area contributed by atoms with E-state index in [2.05, 4.69) is 44.0 Å². The lowest BCUT2D eigenvalue weighted by Gasteiger charge is -2.34. The van der Waals surface area contributed by atoms with Crippen LogP contribution in [0.25, 0.3) is 0 Å². The first-order valence-electron chi connectivity index (χ1n) is 6.40. The van der Waals surface area contributed by atoms with E-state index in [-0.39, 0.29) is 0 Å². The summed E-state index contributed by atoms with van der Waals surface area (Å²) in [5.74, 6) is 0.427. The molecule has 1 aromatic rings. The zero-order valence-electron chi connectivity index (χ0n) is 11.0. The number of aryl methyl sites for hydroxylation is 2. The number of carbonyl (C=O) groups excluding carboxylic acids is 1. The molecule has 2 nitrogen and oxygen atoms in total. The van der Waals surface area contributed by atoms with E-state index >= 15 is 0 Å². The number of nitrogens with zero attached hydrogens (tertiary/aromatic N) is 1. The van der Waals surface area contributed by atoms with Gasteiger partial charge >= 0.3 is 0 Å². The van der Waals surface area contributed by atoms with Gasteiger partial charge in [-0.3, -0.25) is 4.79 Å². The van der Waals surface area contributed by atoms with Crippen molar-refractivity contribution >= 4 is 11.5 Å². The molecule has 2 rings (SSSR count). The lowest BCUT2D eigenvalue weighted by atomic mass is 9.92. The lowest BCUT2D eigenvalue weighted by Crippen LogP contribution is -2.36. The van der Waals surface area contributed by atoms with Crippen LogP contribution < -0.4 is 4.90 Å². The molecule has 0 unspecified atom stereocenters. The summed E-state index contributed by atoms with van der Waals surface area (Å²) in [5.41, 5.74) is 3.99. The molecule has 0 radical (unpaired) electrons. The third kappa shape index (κ3) is 2.51. The molecule has 17 heavy (non-hydrogen) atoms. The fraction of sp³-hybridized carbons (Fsp3) is 0.533. The van der Waals surface area contributed by atoms with E-state index in [0.717, 1.165) is 25.7 Å². The number of benzene rings is 1. The summed E-state index contributed by atoms with van der Waals surface area (Å²) in [6, 6.07) is 6.94. The first-order valence-corrected chi connectivity index (χ1v) is 6.40. The normalized spacial score (nSPS) is 17.2. The van der Waals surface area contributed by atoms with Crippen LogP contribution >= 0.6 is 0 Å². The summed E-state index contributed by atoms with van der Waals surface area (Å²) >= 11 is 0. The van der Waals surface area contributed by atoms with Gasteiger partial charge in [-0.25, -0.2) is 0 Å². The fourth-order valence-electron chi connectivity index (χ4n) is 2.86. The summed E-state index contributed by atoms with van der Waals surface area (Å²) < 4.78 is 0. The maximum absolute atomic E-state index is 11.3. The molecule has 0 N–H and O–H groups in total. The Morgan fingerprint density at radius 3 is 2.18 bits per heavy atom. The van der Waals surface area contributed by atoms with Gasteiger partial charge in [-0.2, -0.15) is 0 Å². The summed E-state index contributed by atoms with van der Waals surface area (Å²) in [6.07, 6.45) is 3.51. The van der Waals surface area contributed by atoms with Crippen molar-refractivity contribution in [1.82, 2.24) is 0 Å². The van der Waals surface area contributed by atoms with Gasteiger partial charge in [0.1, 0.15) is 5.78 Å². The quantitative estimate of drug-likeness (QED) is 0.778. The van der Waals surface area contributed by atoms with Crippen molar-refractivity contribution in [2.45, 2.75) is 45.6 Å². The second-order valence-electron chi connectivity index (χ2n) is 5.12. The van der Waals surface area contributed by atoms with Crippen LogP contribution in [0.2, 0.25) is 0 Å². The smallest absolute Gasteiger partial charge is 0.133 e. The Balaban J connectivity index is 2.19. The number of carbonyl (C=O) groups is 1. The predicted molar refractivity (Wildman–Crippen MR) is 71.6 cm³/mol. The van der Waals surface area contributed by atoms with E-state index in [1.807, 2.05) is 0 Å². The largest absolute Gasteiger partial charge is 0.371 e. The number of rotatable bonds is 2. The Hall–Kier alpha value is -1.31. The van der Waals surface area contributed by atoms with Gasteiger partial charge in [-0.1, -0.05) is 18.2 Å². The Kier molecular flexibility index (Phi) is 3.51. The van der Waals surface area contributed by atoms with E-state index < -0.39 is 0 Å². The number of anilines is 1. The summed E-state index contributed by atoms with van der Waals surface area (Å²) in [6.45, 7) is 4.32. The summed E-state index contributed by atoms with van der Waals surface area (Å²) in [7, 11) is 2.16. The molecule has 92 valence electrons. The monoisotopic (exact) mass is 231 g/mol. The Bertz CT molecular complexity index is 395. The van der Waals surface area contributed by atoms with Gasteiger partial charge in [0.15, 0.2) is 0 Å². The highest BCUT2D eigenvalue weighted by atomic mass is 16.1. The van der Waals surface area contributed by atoms with Crippen LogP contribution in [0.1, 0.15) is 36.8 Å². The molecule has 0 heterocycles. The summed E-state index contributed by atoms with van der Waals surface area (Å²) in [5, 5.41) is 0. The molecule has 0 aliphatic heterocycles. The molecule has 1 saturated carbocycles. The second-order valence-corrected chi connectivity index (χ2v) is 5.12. The van der Waals surface area contributed by atoms with Gasteiger partial charge in [0.25, 0.3) is 0 Å². The standard InChI is InChI=1S/C15H21NO/c1-11-5-4-6-12(2)15(11)16(3)13-7-9-14(17)10-8-13/h4-6,13H,7-10H2,1-3H3. The van der Waals surface area contributed by atoms with E-state index in [1.54, 1.807) is 0 Å². The third-order valence-electron chi connectivity index (χ3n) is 3.85. The topological polar surface area (TPSA) is 20.3 Å². The van der Waals surface area contributed by atoms with Gasteiger partial charge in [0, 0.05) is 31.6 Å². The highest BCUT2D eigenvalue weighted by molar-refractivity contribution is 5.79. The van der Waals surface area contributed by atoms with Gasteiger partial charge in [-0.05, 0) is 37.8 Å². The van der Waals surface area contributed by atoms with Crippen molar-refractivity contribution < 1.29 is 4.79 Å². The molecular weight excluding hydrogens is 210 g/mol. The SMILES string of the molecule is Cc1cccc(C)c1N(C)C1CCC(=O)CC1. The van der Waals surface area contributed by atoms with E-state index in [0.29, 0.717) is 11.8 Å². The molecular formula is C15H21NO. The fourth-order valence-corrected chi connectivity index (χ4v) is 2.86. The van der Waals surface area contributed by atoms with E-state index in [9.17, 15) is 4.79 Å². The van der Waals surface area contributed by atoms with Crippen molar-refractivity contribution in [3.63, 3.8) is 0 Å². The van der Waals surface area contributed by atoms with Crippen LogP contribution in [-0.4, -0.2) is 18.9 Å². The molecule has 1 aliphatic carbocycles. The van der Waals surface area contributed by atoms with Crippen molar-refractivity contribution in [3.05, 3.63) is 29.3 Å². The molecule has 1 aliphatic rings. The number of para-hydroxylation sites is 1. The number of hydrogen-bond donors (Lipinski definition) is 0. The first-order chi connectivity index (χ1) is 8.09. The molecule has 0 aromatic heterocycles. The minimum atomic E-state index is 0.427. The molecule has 0 spiro atoms. The molecule has 2 heteroatoms. The maximum Gasteiger partial charge on any atom is 0.133 e. The third-order valence-corrected chi connectivity index (χ3v) is 3.85. The zero-order chi connectivity index (χ0) is 12.4. The van der Waals surface area contributed by atoms with Gasteiger partial charge in [-0.15, -0.1) is 0 Å². The van der Waals surface area contributed by atoms with Gasteiger partial charge in [0.2, 0.25) is 0 Å². The molecule has 0 saturated heterocycles. The van der Waals surface area contributed by atoms with Crippen LogP contribution in [0.4, 0.5) is 5.69 Å². The summed E-state index contributed by atoms with van der Waals surface area (Å²) in [4.78, 5) is 13.7. The van der Waals surface area contributed by atoms with Crippen molar-refractivity contribution in [2.75, 3.05) is 11.9 Å². The predicted octanol–water partition coefficient (Wildman–Crippen LogP) is 3.25. The first kappa shape index (κ1) is 12.2. The maximum atomic E-state index is 11.3. The van der Waals surface area contributed by atoms with Crippen molar-refractivity contribution in [1.29, 1.82) is 0 Å². The average molecular weight is 231 g/mol. The van der Waals surface area contributed by atoms with Crippen LogP contribution in [0.3, 0.4) is 0 Å². The highest BCUT2D eigenvalue weighted by Gasteiger charge is 2.23. The molecule has 0 atom stereocenters. The Labute approximate surface area is 104 Å². The molecule has 1 aromatic carbocycles. The molecule has 1 fully saturated rings. The Morgan fingerprint density at radius 2 is 1.65 bits per heavy atom. The minimum Gasteiger partial charge on any atom is -0.371 e. The second kappa shape index (κ2) is 4.91. The average Bonchev–Trinajstić information content (AvgIpc) is 2.29. The lowest BCUT2D eigenvalue weighted by molar-refractivity contribution is -0.120. The number of ketones is 1. The van der Waals surface area contributed by atoms with Gasteiger partial charge < -0.3 is 4.90 Å². The van der Waals surface area contributed by atoms with Crippen LogP contribution in [-0.2, 0) is 4.79 Å². The van der Waals surface area contributed by atoms with E-state index in [4.69, 9.17) is 0 Å². The number of hydrogen-bond acceptors (Lipinski definition) is 2. The van der Waals surface area contributed by atoms with Crippen LogP contribution in [0.5, 0.6) is 0 Å². The van der Waals surface area contributed by atoms with Crippen LogP contribution in [0, 0.1) is 13.8 Å². The van der Waals surface area contributed by atoms with Crippen molar-refractivity contribution in [2.24, 2.45) is 0 Å². The number of Topliss-reactive ketones (excluding diaryl/α,β-unsaturated/α-hetero) is 1. The molecule has 0 amide bonds. The van der Waals surface area contributed by atoms with Crippen molar-refractivity contribution in [3.8, 4) is 0 Å². The minimum absolute atomic E-state index is 0.427. The Morgan fingerprint density at radius 1 is 1.12 bits per heavy atom. The van der Waals surface area contributed by atoms with Crippen LogP contribution in [0.15, 0.2) is 18.2 Å².